The van der Waals surface area contributed by atoms with Crippen LogP contribution in [-0.2, 0) is 11.3 Å². The van der Waals surface area contributed by atoms with Crippen LogP contribution in [-0.4, -0.2) is 56.5 Å². The number of halogens is 1. The largest absolute Gasteiger partial charge is 0.360 e. The molecule has 6 nitrogen and oxygen atoms in total. The number of hydrogen-bond donors (Lipinski definition) is 2. The highest BCUT2D eigenvalue weighted by molar-refractivity contribution is 14.0. The van der Waals surface area contributed by atoms with Gasteiger partial charge in [0.1, 0.15) is 0 Å². The first-order chi connectivity index (χ1) is 12.7. The minimum absolute atomic E-state index is 0. The lowest BCUT2D eigenvalue weighted by atomic mass is 9.68. The number of anilines is 1. The summed E-state index contributed by atoms with van der Waals surface area (Å²) in [6.45, 7) is 5.08. The van der Waals surface area contributed by atoms with Gasteiger partial charge in [0, 0.05) is 45.5 Å². The molecule has 0 aromatic heterocycles. The minimum atomic E-state index is 0. The van der Waals surface area contributed by atoms with Crippen molar-refractivity contribution in [2.45, 2.75) is 32.2 Å². The fraction of sp³-hybridized carbons (Fsp3) is 0.600. The SMILES string of the molecule is CN=C(NCc1ccc(N2CCNC(=O)C2)cc1)N1CCC2(CCC2)C1.I. The van der Waals surface area contributed by atoms with Crippen LogP contribution in [0.3, 0.4) is 0 Å². The van der Waals surface area contributed by atoms with Gasteiger partial charge in [-0.25, -0.2) is 0 Å². The maximum absolute atomic E-state index is 11.5. The zero-order chi connectivity index (χ0) is 18.0. The van der Waals surface area contributed by atoms with Gasteiger partial charge in [0.15, 0.2) is 5.96 Å². The summed E-state index contributed by atoms with van der Waals surface area (Å²) in [6, 6.07) is 8.49. The molecule has 2 aliphatic heterocycles. The minimum Gasteiger partial charge on any atom is -0.360 e. The summed E-state index contributed by atoms with van der Waals surface area (Å²) in [7, 11) is 1.87. The molecule has 0 bridgehead atoms. The van der Waals surface area contributed by atoms with E-state index in [1.807, 2.05) is 7.05 Å². The van der Waals surface area contributed by atoms with Crippen LogP contribution in [0, 0.1) is 5.41 Å². The van der Waals surface area contributed by atoms with E-state index in [2.05, 4.69) is 49.7 Å². The van der Waals surface area contributed by atoms with E-state index in [0.717, 1.165) is 44.4 Å². The van der Waals surface area contributed by atoms with Crippen molar-refractivity contribution in [2.24, 2.45) is 10.4 Å². The van der Waals surface area contributed by atoms with Gasteiger partial charge >= 0.3 is 0 Å². The molecular formula is C20H30IN5O. The van der Waals surface area contributed by atoms with E-state index in [4.69, 9.17) is 0 Å². The quantitative estimate of drug-likeness (QED) is 0.393. The molecule has 27 heavy (non-hydrogen) atoms. The Labute approximate surface area is 178 Å². The van der Waals surface area contributed by atoms with Crippen molar-refractivity contribution in [3.8, 4) is 0 Å². The van der Waals surface area contributed by atoms with Gasteiger partial charge in [0.2, 0.25) is 5.91 Å². The number of nitrogens with one attached hydrogen (secondary N) is 2. The van der Waals surface area contributed by atoms with E-state index >= 15 is 0 Å². The Morgan fingerprint density at radius 2 is 2.00 bits per heavy atom. The van der Waals surface area contributed by atoms with Gasteiger partial charge in [-0.15, -0.1) is 24.0 Å². The molecule has 4 rings (SSSR count). The lowest BCUT2D eigenvalue weighted by Gasteiger charge is -2.38. The molecule has 2 saturated heterocycles. The number of guanidine groups is 1. The highest BCUT2D eigenvalue weighted by atomic mass is 127. The van der Waals surface area contributed by atoms with Gasteiger partial charge in [-0.3, -0.25) is 9.79 Å². The highest BCUT2D eigenvalue weighted by Gasteiger charge is 2.43. The predicted octanol–water partition coefficient (Wildman–Crippen LogP) is 2.19. The van der Waals surface area contributed by atoms with Gasteiger partial charge in [-0.1, -0.05) is 18.6 Å². The number of carbonyl (C=O) groups excluding carboxylic acids is 1. The second-order valence-corrected chi connectivity index (χ2v) is 7.86. The Bertz CT molecular complexity index is 686. The van der Waals surface area contributed by atoms with E-state index in [9.17, 15) is 4.79 Å². The molecule has 1 aliphatic carbocycles. The molecule has 0 atom stereocenters. The summed E-state index contributed by atoms with van der Waals surface area (Å²) >= 11 is 0. The zero-order valence-corrected chi connectivity index (χ0v) is 18.4. The van der Waals surface area contributed by atoms with Gasteiger partial charge in [0.05, 0.1) is 6.54 Å². The molecule has 1 aromatic rings. The number of benzene rings is 1. The fourth-order valence-corrected chi connectivity index (χ4v) is 4.40. The molecular weight excluding hydrogens is 453 g/mol. The van der Waals surface area contributed by atoms with Crippen molar-refractivity contribution in [3.63, 3.8) is 0 Å². The molecule has 1 saturated carbocycles. The van der Waals surface area contributed by atoms with Crippen molar-refractivity contribution in [2.75, 3.05) is 44.7 Å². The van der Waals surface area contributed by atoms with Crippen LogP contribution in [0.2, 0.25) is 0 Å². The van der Waals surface area contributed by atoms with E-state index in [1.54, 1.807) is 0 Å². The highest BCUT2D eigenvalue weighted by Crippen LogP contribution is 2.47. The number of amides is 1. The third-order valence-corrected chi connectivity index (χ3v) is 6.15. The number of piperazine rings is 1. The van der Waals surface area contributed by atoms with Gasteiger partial charge in [0.25, 0.3) is 0 Å². The smallest absolute Gasteiger partial charge is 0.239 e. The predicted molar refractivity (Wildman–Crippen MR) is 120 cm³/mol. The van der Waals surface area contributed by atoms with Crippen LogP contribution in [0.25, 0.3) is 0 Å². The molecule has 148 valence electrons. The molecule has 1 spiro atoms. The average Bonchev–Trinajstić information content (AvgIpc) is 3.09. The van der Waals surface area contributed by atoms with E-state index in [1.165, 1.54) is 31.2 Å². The maximum atomic E-state index is 11.5. The second kappa shape index (κ2) is 8.67. The Kier molecular flexibility index (Phi) is 6.49. The number of carbonyl (C=O) groups is 1. The molecule has 3 fully saturated rings. The van der Waals surface area contributed by atoms with Crippen molar-refractivity contribution in [3.05, 3.63) is 29.8 Å². The Morgan fingerprint density at radius 3 is 2.59 bits per heavy atom. The van der Waals surface area contributed by atoms with Crippen LogP contribution in [0.4, 0.5) is 5.69 Å². The van der Waals surface area contributed by atoms with E-state index in [0.29, 0.717) is 12.0 Å². The standard InChI is InChI=1S/C20H29N5O.HI/c1-21-19(25-11-9-20(15-25)7-2-8-20)23-13-16-3-5-17(6-4-16)24-12-10-22-18(26)14-24;/h3-6H,2,7-15H2,1H3,(H,21,23)(H,22,26);1H. The second-order valence-electron chi connectivity index (χ2n) is 7.86. The molecule has 1 amide bonds. The van der Waals surface area contributed by atoms with Crippen LogP contribution < -0.4 is 15.5 Å². The first-order valence-corrected chi connectivity index (χ1v) is 9.74. The number of likely N-dealkylation sites (tertiary alicyclic amines) is 1. The van der Waals surface area contributed by atoms with E-state index in [-0.39, 0.29) is 29.9 Å². The first-order valence-electron chi connectivity index (χ1n) is 9.74. The summed E-state index contributed by atoms with van der Waals surface area (Å²) in [4.78, 5) is 20.6. The molecule has 2 N–H and O–H groups in total. The molecule has 3 aliphatic rings. The molecule has 2 heterocycles. The number of hydrogen-bond acceptors (Lipinski definition) is 3. The van der Waals surface area contributed by atoms with Crippen molar-refractivity contribution >= 4 is 41.5 Å². The number of rotatable bonds is 3. The van der Waals surface area contributed by atoms with Crippen molar-refractivity contribution in [1.29, 1.82) is 0 Å². The molecule has 7 heteroatoms. The van der Waals surface area contributed by atoms with Crippen molar-refractivity contribution in [1.82, 2.24) is 15.5 Å². The maximum Gasteiger partial charge on any atom is 0.239 e. The monoisotopic (exact) mass is 483 g/mol. The Balaban J connectivity index is 0.00000210. The lowest BCUT2D eigenvalue weighted by Crippen LogP contribution is -2.47. The normalized spacial score (nSPS) is 21.5. The molecule has 1 aromatic carbocycles. The first kappa shape index (κ1) is 20.2. The zero-order valence-electron chi connectivity index (χ0n) is 16.0. The fourth-order valence-electron chi connectivity index (χ4n) is 4.40. The summed E-state index contributed by atoms with van der Waals surface area (Å²) < 4.78 is 0. The Hall–Kier alpha value is -1.51. The van der Waals surface area contributed by atoms with Crippen LogP contribution in [0.1, 0.15) is 31.2 Å². The third kappa shape index (κ3) is 4.50. The van der Waals surface area contributed by atoms with Crippen LogP contribution >= 0.6 is 24.0 Å². The van der Waals surface area contributed by atoms with Gasteiger partial charge in [-0.05, 0) is 42.4 Å². The summed E-state index contributed by atoms with van der Waals surface area (Å²) in [5, 5.41) is 6.38. The van der Waals surface area contributed by atoms with Crippen LogP contribution in [0.5, 0.6) is 0 Å². The number of nitrogens with zero attached hydrogens (tertiary/aromatic N) is 3. The topological polar surface area (TPSA) is 60.0 Å². The summed E-state index contributed by atoms with van der Waals surface area (Å²) in [6.07, 6.45) is 5.48. The molecule has 0 unspecified atom stereocenters. The Morgan fingerprint density at radius 1 is 1.22 bits per heavy atom. The molecule has 0 radical (unpaired) electrons. The van der Waals surface area contributed by atoms with Crippen LogP contribution in [0.15, 0.2) is 29.3 Å². The van der Waals surface area contributed by atoms with E-state index < -0.39 is 0 Å². The van der Waals surface area contributed by atoms with Crippen molar-refractivity contribution < 1.29 is 4.79 Å². The lowest BCUT2D eigenvalue weighted by molar-refractivity contribution is -0.120. The summed E-state index contributed by atoms with van der Waals surface area (Å²) in [5.74, 6) is 1.12. The average molecular weight is 483 g/mol. The third-order valence-electron chi connectivity index (χ3n) is 6.15. The van der Waals surface area contributed by atoms with Gasteiger partial charge < -0.3 is 20.4 Å². The summed E-state index contributed by atoms with van der Waals surface area (Å²) in [5.41, 5.74) is 2.92. The number of aliphatic imine (C=N–C) groups is 1. The van der Waals surface area contributed by atoms with Gasteiger partial charge in [-0.2, -0.15) is 0 Å².